The highest BCUT2D eigenvalue weighted by molar-refractivity contribution is 14.1. The van der Waals surface area contributed by atoms with Gasteiger partial charge in [-0.15, -0.1) is 0 Å². The molecule has 0 aliphatic rings. The number of rotatable bonds is 6. The highest BCUT2D eigenvalue weighted by Gasteiger charge is 2.33. The van der Waals surface area contributed by atoms with E-state index in [1.165, 1.54) is 24.3 Å². The standard InChI is InChI=1S/C17H17BrF2INO3/c1-17(2,16(24)9-23)25-22(11-4-5-12(18)13(19)8-11)15-6-3-10(21)7-14(15)20/h3-8,16,23-24H,9H2,1-2H3. The van der Waals surface area contributed by atoms with Crippen LogP contribution in [0.25, 0.3) is 0 Å². The monoisotopic (exact) mass is 527 g/mol. The quantitative estimate of drug-likeness (QED) is 0.428. The van der Waals surface area contributed by atoms with Crippen LogP contribution in [0.3, 0.4) is 0 Å². The van der Waals surface area contributed by atoms with Crippen LogP contribution in [0, 0.1) is 15.2 Å². The number of aliphatic hydroxyl groups is 2. The van der Waals surface area contributed by atoms with E-state index in [-0.39, 0.29) is 15.8 Å². The molecule has 136 valence electrons. The van der Waals surface area contributed by atoms with Gasteiger partial charge in [0.2, 0.25) is 0 Å². The van der Waals surface area contributed by atoms with Gasteiger partial charge in [0.05, 0.1) is 16.8 Å². The van der Waals surface area contributed by atoms with Gasteiger partial charge in [0.15, 0.2) is 0 Å². The molecule has 0 aliphatic carbocycles. The summed E-state index contributed by atoms with van der Waals surface area (Å²) < 4.78 is 29.4. The van der Waals surface area contributed by atoms with Crippen LogP contribution >= 0.6 is 38.5 Å². The van der Waals surface area contributed by atoms with Crippen LogP contribution in [0.4, 0.5) is 20.2 Å². The molecule has 0 aliphatic heterocycles. The molecule has 1 unspecified atom stereocenters. The zero-order valence-electron chi connectivity index (χ0n) is 13.5. The van der Waals surface area contributed by atoms with Gasteiger partial charge in [-0.3, -0.25) is 4.84 Å². The van der Waals surface area contributed by atoms with E-state index >= 15 is 0 Å². The Morgan fingerprint density at radius 1 is 1.20 bits per heavy atom. The lowest BCUT2D eigenvalue weighted by atomic mass is 10.0. The van der Waals surface area contributed by atoms with Crippen LogP contribution in [-0.2, 0) is 4.84 Å². The zero-order chi connectivity index (χ0) is 18.8. The summed E-state index contributed by atoms with van der Waals surface area (Å²) in [6.07, 6.45) is -1.22. The lowest BCUT2D eigenvalue weighted by molar-refractivity contribution is -0.116. The van der Waals surface area contributed by atoms with Crippen LogP contribution in [0.1, 0.15) is 13.8 Å². The molecule has 0 heterocycles. The SMILES string of the molecule is CC(C)(ON(c1ccc(Br)c(F)c1)c1ccc(I)cc1F)C(O)CO. The van der Waals surface area contributed by atoms with E-state index in [9.17, 15) is 19.0 Å². The molecule has 0 amide bonds. The average molecular weight is 528 g/mol. The first-order valence-electron chi connectivity index (χ1n) is 7.34. The summed E-state index contributed by atoms with van der Waals surface area (Å²) in [6, 6.07) is 8.70. The van der Waals surface area contributed by atoms with Gasteiger partial charge in [-0.1, -0.05) is 0 Å². The topological polar surface area (TPSA) is 52.9 Å². The summed E-state index contributed by atoms with van der Waals surface area (Å²) in [5.41, 5.74) is -0.965. The van der Waals surface area contributed by atoms with E-state index in [1.807, 2.05) is 22.6 Å². The fraction of sp³-hybridized carbons (Fsp3) is 0.294. The number of hydrogen-bond donors (Lipinski definition) is 2. The van der Waals surface area contributed by atoms with Crippen molar-refractivity contribution in [3.8, 4) is 0 Å². The minimum absolute atomic E-state index is 0.0559. The molecule has 2 N–H and O–H groups in total. The summed E-state index contributed by atoms with van der Waals surface area (Å²) in [5, 5.41) is 20.3. The molecule has 2 rings (SSSR count). The Balaban J connectivity index is 2.53. The number of anilines is 2. The molecule has 0 saturated heterocycles. The number of aliphatic hydroxyl groups excluding tert-OH is 2. The van der Waals surface area contributed by atoms with E-state index in [0.29, 0.717) is 3.57 Å². The minimum Gasteiger partial charge on any atom is -0.394 e. The molecule has 4 nitrogen and oxygen atoms in total. The van der Waals surface area contributed by atoms with Gasteiger partial charge < -0.3 is 10.2 Å². The Labute approximate surface area is 166 Å². The summed E-state index contributed by atoms with van der Waals surface area (Å²) >= 11 is 5.05. The first kappa shape index (κ1) is 20.5. The normalized spacial score (nSPS) is 13.0. The number of hydrogen-bond acceptors (Lipinski definition) is 4. The van der Waals surface area contributed by atoms with Crippen molar-refractivity contribution in [1.82, 2.24) is 0 Å². The Hall–Kier alpha value is -0.810. The first-order valence-corrected chi connectivity index (χ1v) is 9.21. The Kier molecular flexibility index (Phi) is 6.77. The van der Waals surface area contributed by atoms with Crippen LogP contribution in [0.2, 0.25) is 0 Å². The summed E-state index contributed by atoms with van der Waals surface area (Å²) in [4.78, 5) is 5.78. The lowest BCUT2D eigenvalue weighted by Gasteiger charge is -2.36. The third-order valence-corrected chi connectivity index (χ3v) is 4.88. The molecular weight excluding hydrogens is 511 g/mol. The second-order valence-corrected chi connectivity index (χ2v) is 7.98. The van der Waals surface area contributed by atoms with E-state index < -0.39 is 29.9 Å². The molecule has 0 aromatic heterocycles. The highest BCUT2D eigenvalue weighted by atomic mass is 127. The van der Waals surface area contributed by atoms with Crippen molar-refractivity contribution in [3.63, 3.8) is 0 Å². The van der Waals surface area contributed by atoms with Crippen LogP contribution in [-0.4, -0.2) is 28.5 Å². The number of benzene rings is 2. The van der Waals surface area contributed by atoms with Crippen LogP contribution < -0.4 is 5.06 Å². The third kappa shape index (κ3) is 4.88. The molecule has 8 heteroatoms. The maximum atomic E-state index is 14.5. The molecule has 0 bridgehead atoms. The Morgan fingerprint density at radius 3 is 2.44 bits per heavy atom. The third-order valence-electron chi connectivity index (χ3n) is 3.57. The molecule has 0 spiro atoms. The first-order chi connectivity index (χ1) is 11.7. The van der Waals surface area contributed by atoms with E-state index in [0.717, 1.165) is 5.06 Å². The van der Waals surface area contributed by atoms with Gasteiger partial charge in [0.25, 0.3) is 0 Å². The maximum Gasteiger partial charge on any atom is 0.150 e. The summed E-state index contributed by atoms with van der Waals surface area (Å²) in [7, 11) is 0. The van der Waals surface area contributed by atoms with E-state index in [2.05, 4.69) is 15.9 Å². The van der Waals surface area contributed by atoms with Crippen molar-refractivity contribution in [2.24, 2.45) is 0 Å². The molecular formula is C17H17BrF2INO3. The van der Waals surface area contributed by atoms with E-state index in [1.54, 1.807) is 26.0 Å². The Bertz CT molecular complexity index is 761. The van der Waals surface area contributed by atoms with Crippen LogP contribution in [0.15, 0.2) is 40.9 Å². The molecule has 2 aromatic carbocycles. The largest absolute Gasteiger partial charge is 0.394 e. The highest BCUT2D eigenvalue weighted by Crippen LogP contribution is 2.34. The summed E-state index contributed by atoms with van der Waals surface area (Å²) in [6.45, 7) is 2.55. The molecule has 0 saturated carbocycles. The maximum absolute atomic E-state index is 14.5. The van der Waals surface area contributed by atoms with Crippen molar-refractivity contribution in [1.29, 1.82) is 0 Å². The molecule has 1 atom stereocenters. The smallest absolute Gasteiger partial charge is 0.150 e. The molecule has 0 radical (unpaired) electrons. The van der Waals surface area contributed by atoms with Crippen molar-refractivity contribution < 1.29 is 23.8 Å². The number of nitrogens with zero attached hydrogens (tertiary/aromatic N) is 1. The minimum atomic E-state index is -1.26. The predicted octanol–water partition coefficient (Wildman–Crippen LogP) is 4.53. The lowest BCUT2D eigenvalue weighted by Crippen LogP contribution is -2.45. The van der Waals surface area contributed by atoms with E-state index in [4.69, 9.17) is 4.84 Å². The molecule has 25 heavy (non-hydrogen) atoms. The molecule has 2 aromatic rings. The van der Waals surface area contributed by atoms with Crippen molar-refractivity contribution in [3.05, 3.63) is 56.1 Å². The van der Waals surface area contributed by atoms with Gasteiger partial charge in [-0.2, -0.15) is 0 Å². The second kappa shape index (κ2) is 8.26. The van der Waals surface area contributed by atoms with Gasteiger partial charge >= 0.3 is 0 Å². The van der Waals surface area contributed by atoms with Crippen LogP contribution in [0.5, 0.6) is 0 Å². The average Bonchev–Trinajstić information content (AvgIpc) is 2.55. The number of halogens is 4. The van der Waals surface area contributed by atoms with Gasteiger partial charge in [-0.05, 0) is 82.7 Å². The predicted molar refractivity (Wildman–Crippen MR) is 104 cm³/mol. The van der Waals surface area contributed by atoms with Gasteiger partial charge in [0, 0.05) is 9.64 Å². The molecule has 0 fully saturated rings. The van der Waals surface area contributed by atoms with Crippen molar-refractivity contribution in [2.45, 2.75) is 25.6 Å². The van der Waals surface area contributed by atoms with Gasteiger partial charge in [0.1, 0.15) is 29.0 Å². The van der Waals surface area contributed by atoms with Crippen molar-refractivity contribution in [2.75, 3.05) is 11.7 Å². The zero-order valence-corrected chi connectivity index (χ0v) is 17.3. The second-order valence-electron chi connectivity index (χ2n) is 5.88. The summed E-state index contributed by atoms with van der Waals surface area (Å²) in [5.74, 6) is -1.11. The Morgan fingerprint density at radius 2 is 1.88 bits per heavy atom. The van der Waals surface area contributed by atoms with Gasteiger partial charge in [-0.25, -0.2) is 13.8 Å². The van der Waals surface area contributed by atoms with Crippen molar-refractivity contribution >= 4 is 49.9 Å². The fourth-order valence-corrected chi connectivity index (χ4v) is 2.71. The fourth-order valence-electron chi connectivity index (χ4n) is 2.01.